The van der Waals surface area contributed by atoms with E-state index in [0.717, 1.165) is 0 Å². The average molecular weight is 285 g/mol. The van der Waals surface area contributed by atoms with E-state index in [1.165, 1.54) is 23.1 Å². The van der Waals surface area contributed by atoms with E-state index in [4.69, 9.17) is 11.6 Å². The first-order chi connectivity index (χ1) is 8.75. The van der Waals surface area contributed by atoms with Crippen LogP contribution in [0.2, 0.25) is 5.02 Å². The van der Waals surface area contributed by atoms with Gasteiger partial charge in [0.1, 0.15) is 5.56 Å². The predicted octanol–water partition coefficient (Wildman–Crippen LogP) is 3.36. The lowest BCUT2D eigenvalue weighted by Crippen LogP contribution is -2.38. The quantitative estimate of drug-likeness (QED) is 0.629. The summed E-state index contributed by atoms with van der Waals surface area (Å²) in [7, 11) is 1.64. The molecule has 1 aromatic rings. The van der Waals surface area contributed by atoms with Crippen LogP contribution in [-0.4, -0.2) is 28.8 Å². The fourth-order valence-corrected chi connectivity index (χ4v) is 1.83. The minimum Gasteiger partial charge on any atom is -0.339 e. The maximum absolute atomic E-state index is 12.3. The van der Waals surface area contributed by atoms with Crippen molar-refractivity contribution < 1.29 is 9.72 Å². The zero-order valence-corrected chi connectivity index (χ0v) is 12.1. The van der Waals surface area contributed by atoms with Crippen LogP contribution in [0.25, 0.3) is 0 Å². The van der Waals surface area contributed by atoms with Gasteiger partial charge in [-0.25, -0.2) is 0 Å². The summed E-state index contributed by atoms with van der Waals surface area (Å²) in [5.74, 6) is -0.136. The van der Waals surface area contributed by atoms with E-state index in [-0.39, 0.29) is 23.2 Å². The third-order valence-corrected chi connectivity index (χ3v) is 3.52. The first-order valence-corrected chi connectivity index (χ1v) is 6.34. The smallest absolute Gasteiger partial charge is 0.282 e. The van der Waals surface area contributed by atoms with Crippen molar-refractivity contribution in [2.75, 3.05) is 7.05 Å². The number of rotatable bonds is 4. The molecule has 19 heavy (non-hydrogen) atoms. The Bertz CT molecular complexity index is 503. The van der Waals surface area contributed by atoms with E-state index in [2.05, 4.69) is 0 Å². The second-order valence-corrected chi connectivity index (χ2v) is 5.26. The van der Waals surface area contributed by atoms with Gasteiger partial charge in [0.25, 0.3) is 11.6 Å². The van der Waals surface area contributed by atoms with Crippen molar-refractivity contribution in [1.82, 2.24) is 4.90 Å². The number of nitro benzene ring substituents is 1. The van der Waals surface area contributed by atoms with Gasteiger partial charge in [-0.15, -0.1) is 0 Å². The summed E-state index contributed by atoms with van der Waals surface area (Å²) >= 11 is 5.82. The molecule has 0 aliphatic rings. The highest BCUT2D eigenvalue weighted by Crippen LogP contribution is 2.25. The zero-order chi connectivity index (χ0) is 14.7. The molecule has 0 fully saturated rings. The molecule has 0 N–H and O–H groups in total. The van der Waals surface area contributed by atoms with Gasteiger partial charge in [0, 0.05) is 24.2 Å². The Morgan fingerprint density at radius 3 is 2.42 bits per heavy atom. The fourth-order valence-electron chi connectivity index (χ4n) is 1.66. The number of carbonyl (C=O) groups excluding carboxylic acids is 1. The fraction of sp³-hybridized carbons (Fsp3) is 0.462. The van der Waals surface area contributed by atoms with Crippen LogP contribution in [0, 0.1) is 16.0 Å². The lowest BCUT2D eigenvalue weighted by molar-refractivity contribution is -0.385. The Morgan fingerprint density at radius 2 is 1.95 bits per heavy atom. The van der Waals surface area contributed by atoms with E-state index in [0.29, 0.717) is 5.02 Å². The maximum atomic E-state index is 12.3. The normalized spacial score (nSPS) is 12.3. The number of hydrogen-bond donors (Lipinski definition) is 0. The molecule has 1 amide bonds. The second kappa shape index (κ2) is 6.02. The molecule has 0 aliphatic carbocycles. The molecule has 1 atom stereocenters. The monoisotopic (exact) mass is 284 g/mol. The highest BCUT2D eigenvalue weighted by molar-refractivity contribution is 6.31. The molecule has 1 unspecified atom stereocenters. The third-order valence-electron chi connectivity index (χ3n) is 3.28. The predicted molar refractivity (Wildman–Crippen MR) is 74.5 cm³/mol. The van der Waals surface area contributed by atoms with Gasteiger partial charge in [-0.3, -0.25) is 14.9 Å². The van der Waals surface area contributed by atoms with Crippen LogP contribution in [0.3, 0.4) is 0 Å². The SMILES string of the molecule is CC(C)C(C)N(C)C(=O)c1cc(Cl)ccc1[N+](=O)[O-]. The molecule has 1 aromatic carbocycles. The average Bonchev–Trinajstić information content (AvgIpc) is 2.35. The van der Waals surface area contributed by atoms with Crippen LogP contribution in [0.4, 0.5) is 5.69 Å². The highest BCUT2D eigenvalue weighted by atomic mass is 35.5. The number of halogens is 1. The van der Waals surface area contributed by atoms with E-state index in [1.54, 1.807) is 7.05 Å². The molecule has 0 aromatic heterocycles. The molecule has 6 heteroatoms. The van der Waals surface area contributed by atoms with Gasteiger partial charge in [0.2, 0.25) is 0 Å². The minimum atomic E-state index is -0.572. The molecule has 0 radical (unpaired) electrons. The molecular formula is C13H17ClN2O3. The Balaban J connectivity index is 3.18. The number of nitrogens with zero attached hydrogens (tertiary/aromatic N) is 2. The number of nitro groups is 1. The number of amides is 1. The van der Waals surface area contributed by atoms with Gasteiger partial charge in [0.05, 0.1) is 4.92 Å². The van der Waals surface area contributed by atoms with Crippen LogP contribution < -0.4 is 0 Å². The molecule has 0 saturated heterocycles. The van der Waals surface area contributed by atoms with Gasteiger partial charge >= 0.3 is 0 Å². The molecule has 0 saturated carbocycles. The standard InChI is InChI=1S/C13H17ClN2O3/c1-8(2)9(3)15(4)13(17)11-7-10(14)5-6-12(11)16(18)19/h5-9H,1-4H3. The summed E-state index contributed by atoms with van der Waals surface area (Å²) in [5.41, 5.74) is -0.204. The molecule has 0 bridgehead atoms. The van der Waals surface area contributed by atoms with Gasteiger partial charge in [-0.05, 0) is 25.0 Å². The number of carbonyl (C=O) groups is 1. The minimum absolute atomic E-state index is 0.0208. The molecular weight excluding hydrogens is 268 g/mol. The van der Waals surface area contributed by atoms with Crippen LogP contribution in [0.1, 0.15) is 31.1 Å². The summed E-state index contributed by atoms with van der Waals surface area (Å²) in [6.07, 6.45) is 0. The van der Waals surface area contributed by atoms with Crippen molar-refractivity contribution in [2.24, 2.45) is 5.92 Å². The van der Waals surface area contributed by atoms with Gasteiger partial charge in [-0.2, -0.15) is 0 Å². The Morgan fingerprint density at radius 1 is 1.37 bits per heavy atom. The Hall–Kier alpha value is -1.62. The second-order valence-electron chi connectivity index (χ2n) is 4.82. The molecule has 0 heterocycles. The topological polar surface area (TPSA) is 63.5 Å². The van der Waals surface area contributed by atoms with E-state index >= 15 is 0 Å². The lowest BCUT2D eigenvalue weighted by Gasteiger charge is -2.28. The Kier molecular flexibility index (Phi) is 4.89. The first kappa shape index (κ1) is 15.4. The van der Waals surface area contributed by atoms with Crippen LogP contribution in [-0.2, 0) is 0 Å². The van der Waals surface area contributed by atoms with Crippen molar-refractivity contribution in [2.45, 2.75) is 26.8 Å². The summed E-state index contributed by atoms with van der Waals surface area (Å²) in [4.78, 5) is 24.2. The number of benzene rings is 1. The molecule has 104 valence electrons. The van der Waals surface area contributed by atoms with Crippen LogP contribution in [0.15, 0.2) is 18.2 Å². The number of hydrogen-bond acceptors (Lipinski definition) is 3. The summed E-state index contributed by atoms with van der Waals surface area (Å²) in [5, 5.41) is 11.3. The first-order valence-electron chi connectivity index (χ1n) is 5.96. The highest BCUT2D eigenvalue weighted by Gasteiger charge is 2.26. The van der Waals surface area contributed by atoms with Gasteiger partial charge < -0.3 is 4.90 Å². The molecule has 1 rings (SSSR count). The molecule has 0 spiro atoms. The van der Waals surface area contributed by atoms with Crippen molar-refractivity contribution in [1.29, 1.82) is 0 Å². The summed E-state index contributed by atoms with van der Waals surface area (Å²) < 4.78 is 0. The molecule has 5 nitrogen and oxygen atoms in total. The van der Waals surface area contributed by atoms with Crippen LogP contribution in [0.5, 0.6) is 0 Å². The van der Waals surface area contributed by atoms with Gasteiger partial charge in [-0.1, -0.05) is 25.4 Å². The van der Waals surface area contributed by atoms with Crippen molar-refractivity contribution in [3.05, 3.63) is 38.9 Å². The van der Waals surface area contributed by atoms with Crippen molar-refractivity contribution in [3.63, 3.8) is 0 Å². The Labute approximate surface area is 117 Å². The third kappa shape index (κ3) is 3.44. The van der Waals surface area contributed by atoms with E-state index in [9.17, 15) is 14.9 Å². The van der Waals surface area contributed by atoms with Crippen LogP contribution >= 0.6 is 11.6 Å². The maximum Gasteiger partial charge on any atom is 0.282 e. The zero-order valence-electron chi connectivity index (χ0n) is 11.4. The lowest BCUT2D eigenvalue weighted by atomic mass is 10.0. The summed E-state index contributed by atoms with van der Waals surface area (Å²) in [6, 6.07) is 3.98. The van der Waals surface area contributed by atoms with Crippen molar-refractivity contribution in [3.8, 4) is 0 Å². The van der Waals surface area contributed by atoms with Gasteiger partial charge in [0.15, 0.2) is 0 Å². The van der Waals surface area contributed by atoms with E-state index in [1.807, 2.05) is 20.8 Å². The van der Waals surface area contributed by atoms with E-state index < -0.39 is 10.8 Å². The summed E-state index contributed by atoms with van der Waals surface area (Å²) in [6.45, 7) is 5.88. The molecule has 0 aliphatic heterocycles. The van der Waals surface area contributed by atoms with Crippen molar-refractivity contribution >= 4 is 23.2 Å². The largest absolute Gasteiger partial charge is 0.339 e.